The number of carbonyl (C=O) groups is 1. The highest BCUT2D eigenvalue weighted by atomic mass is 19.1. The summed E-state index contributed by atoms with van der Waals surface area (Å²) >= 11 is 0. The number of rotatable bonds is 2. The molecule has 2 heterocycles. The summed E-state index contributed by atoms with van der Waals surface area (Å²) in [5.41, 5.74) is -0.179. The molecule has 0 bridgehead atoms. The Morgan fingerprint density at radius 1 is 1.39 bits per heavy atom. The molecule has 0 aromatic heterocycles. The maximum Gasteiger partial charge on any atom is 0.226 e. The number of carbonyl (C=O) groups excluding carboxylic acids is 1. The van der Waals surface area contributed by atoms with Crippen LogP contribution in [0.4, 0.5) is 4.39 Å². The van der Waals surface area contributed by atoms with Crippen molar-refractivity contribution in [2.75, 3.05) is 19.6 Å². The number of alkyl halides is 1. The molecule has 2 saturated heterocycles. The van der Waals surface area contributed by atoms with Crippen LogP contribution in [-0.4, -0.2) is 36.1 Å². The molecule has 1 N–H and O–H groups in total. The van der Waals surface area contributed by atoms with Crippen LogP contribution in [0.5, 0.6) is 0 Å². The van der Waals surface area contributed by atoms with E-state index in [-0.39, 0.29) is 12.5 Å². The molecule has 0 spiro atoms. The molecule has 0 saturated carbocycles. The van der Waals surface area contributed by atoms with Crippen molar-refractivity contribution in [3.05, 3.63) is 35.9 Å². The lowest BCUT2D eigenvalue weighted by atomic mass is 9.85. The summed E-state index contributed by atoms with van der Waals surface area (Å²) in [7, 11) is 0. The fourth-order valence-corrected chi connectivity index (χ4v) is 3.01. The van der Waals surface area contributed by atoms with Crippen molar-refractivity contribution in [3.8, 4) is 0 Å². The molecule has 0 unspecified atom stereocenters. The molecular weight excluding hydrogens is 231 g/mol. The average Bonchev–Trinajstić information content (AvgIpc) is 2.66. The predicted molar refractivity (Wildman–Crippen MR) is 66.7 cm³/mol. The molecule has 18 heavy (non-hydrogen) atoms. The maximum atomic E-state index is 14.6. The van der Waals surface area contributed by atoms with Crippen LogP contribution in [0.3, 0.4) is 0 Å². The zero-order chi connectivity index (χ0) is 12.6. The van der Waals surface area contributed by atoms with Crippen molar-refractivity contribution in [1.82, 2.24) is 10.2 Å². The van der Waals surface area contributed by atoms with E-state index < -0.39 is 11.6 Å². The van der Waals surface area contributed by atoms with E-state index in [0.29, 0.717) is 13.0 Å². The number of hydrogen-bond acceptors (Lipinski definition) is 2. The van der Waals surface area contributed by atoms with Gasteiger partial charge in [0.1, 0.15) is 0 Å². The predicted octanol–water partition coefficient (Wildman–Crippen LogP) is 1.35. The van der Waals surface area contributed by atoms with Gasteiger partial charge in [-0.05, 0) is 18.5 Å². The summed E-state index contributed by atoms with van der Waals surface area (Å²) in [6.07, 6.45) is 0.620. The van der Waals surface area contributed by atoms with E-state index in [9.17, 15) is 9.18 Å². The number of hydrogen-bond donors (Lipinski definition) is 1. The van der Waals surface area contributed by atoms with E-state index in [4.69, 9.17) is 0 Å². The van der Waals surface area contributed by atoms with Gasteiger partial charge in [0.15, 0.2) is 5.67 Å². The smallest absolute Gasteiger partial charge is 0.226 e. The Kier molecular flexibility index (Phi) is 2.82. The molecule has 4 heteroatoms. The number of nitrogens with one attached hydrogen (secondary N) is 1. The standard InChI is InChI=1S/C14H17FN2O/c15-14-9-16-13(18)12(14)6-7-17(10-14)8-11-4-2-1-3-5-11/h1-5,12H,6-10H2,(H,16,18)/t12-,14+/m1/s1. The van der Waals surface area contributed by atoms with Gasteiger partial charge in [0.25, 0.3) is 0 Å². The Balaban J connectivity index is 1.69. The number of likely N-dealkylation sites (tertiary alicyclic amines) is 1. The van der Waals surface area contributed by atoms with Crippen LogP contribution in [0.15, 0.2) is 30.3 Å². The minimum atomic E-state index is -1.37. The van der Waals surface area contributed by atoms with Gasteiger partial charge in [0.05, 0.1) is 12.5 Å². The number of halogens is 1. The van der Waals surface area contributed by atoms with Gasteiger partial charge in [-0.15, -0.1) is 0 Å². The topological polar surface area (TPSA) is 32.3 Å². The van der Waals surface area contributed by atoms with Gasteiger partial charge < -0.3 is 5.32 Å². The summed E-state index contributed by atoms with van der Waals surface area (Å²) in [4.78, 5) is 13.6. The lowest BCUT2D eigenvalue weighted by Gasteiger charge is -2.37. The number of fused-ring (bicyclic) bond motifs is 1. The monoisotopic (exact) mass is 248 g/mol. The molecule has 2 fully saturated rings. The highest BCUT2D eigenvalue weighted by Gasteiger charge is 2.52. The Morgan fingerprint density at radius 2 is 2.17 bits per heavy atom. The van der Waals surface area contributed by atoms with E-state index in [1.165, 1.54) is 5.56 Å². The first-order valence-electron chi connectivity index (χ1n) is 6.40. The van der Waals surface area contributed by atoms with Crippen LogP contribution in [-0.2, 0) is 11.3 Å². The van der Waals surface area contributed by atoms with Crippen molar-refractivity contribution in [2.45, 2.75) is 18.6 Å². The molecule has 96 valence electrons. The van der Waals surface area contributed by atoms with E-state index in [1.54, 1.807) is 0 Å². The van der Waals surface area contributed by atoms with Gasteiger partial charge in [-0.2, -0.15) is 0 Å². The summed E-state index contributed by atoms with van der Waals surface area (Å²) in [6.45, 7) is 2.07. The number of amides is 1. The van der Waals surface area contributed by atoms with Crippen LogP contribution in [0.1, 0.15) is 12.0 Å². The van der Waals surface area contributed by atoms with Crippen LogP contribution >= 0.6 is 0 Å². The van der Waals surface area contributed by atoms with Crippen LogP contribution in [0, 0.1) is 5.92 Å². The first-order valence-corrected chi connectivity index (χ1v) is 6.40. The third kappa shape index (κ3) is 2.01. The highest BCUT2D eigenvalue weighted by Crippen LogP contribution is 2.35. The molecule has 0 aliphatic carbocycles. The van der Waals surface area contributed by atoms with E-state index >= 15 is 0 Å². The molecular formula is C14H17FN2O. The van der Waals surface area contributed by atoms with Crippen LogP contribution in [0.2, 0.25) is 0 Å². The maximum absolute atomic E-state index is 14.6. The molecule has 3 nitrogen and oxygen atoms in total. The SMILES string of the molecule is O=C1NC[C@]2(F)CN(Cc3ccccc3)CC[C@H]12. The zero-order valence-electron chi connectivity index (χ0n) is 10.2. The van der Waals surface area contributed by atoms with Crippen LogP contribution in [0.25, 0.3) is 0 Å². The fraction of sp³-hybridized carbons (Fsp3) is 0.500. The van der Waals surface area contributed by atoms with Gasteiger partial charge in [-0.1, -0.05) is 30.3 Å². The Morgan fingerprint density at radius 3 is 2.94 bits per heavy atom. The lowest BCUT2D eigenvalue weighted by Crippen LogP contribution is -2.51. The minimum Gasteiger partial charge on any atom is -0.352 e. The summed E-state index contributed by atoms with van der Waals surface area (Å²) < 4.78 is 14.6. The molecule has 2 aliphatic heterocycles. The molecule has 2 atom stereocenters. The second-order valence-electron chi connectivity index (χ2n) is 5.29. The van der Waals surface area contributed by atoms with Crippen LogP contribution < -0.4 is 5.32 Å². The number of nitrogens with zero attached hydrogens (tertiary/aromatic N) is 1. The molecule has 1 aromatic carbocycles. The Bertz CT molecular complexity index is 450. The molecule has 1 aromatic rings. The van der Waals surface area contributed by atoms with Crippen molar-refractivity contribution >= 4 is 5.91 Å². The van der Waals surface area contributed by atoms with Crippen molar-refractivity contribution in [1.29, 1.82) is 0 Å². The largest absolute Gasteiger partial charge is 0.352 e. The zero-order valence-corrected chi connectivity index (χ0v) is 10.2. The van der Waals surface area contributed by atoms with Crippen molar-refractivity contribution < 1.29 is 9.18 Å². The second-order valence-corrected chi connectivity index (χ2v) is 5.29. The van der Waals surface area contributed by atoms with Gasteiger partial charge in [0.2, 0.25) is 5.91 Å². The van der Waals surface area contributed by atoms with E-state index in [2.05, 4.69) is 22.3 Å². The first-order chi connectivity index (χ1) is 8.67. The van der Waals surface area contributed by atoms with Gasteiger partial charge in [0, 0.05) is 13.1 Å². The third-order valence-electron chi connectivity index (χ3n) is 3.97. The van der Waals surface area contributed by atoms with Crippen molar-refractivity contribution in [2.24, 2.45) is 5.92 Å². The van der Waals surface area contributed by atoms with E-state index in [1.807, 2.05) is 18.2 Å². The Hall–Kier alpha value is -1.42. The summed E-state index contributed by atoms with van der Waals surface area (Å²) in [5.74, 6) is -0.554. The summed E-state index contributed by atoms with van der Waals surface area (Å²) in [6, 6.07) is 10.1. The van der Waals surface area contributed by atoms with E-state index in [0.717, 1.165) is 13.1 Å². The molecule has 2 aliphatic rings. The minimum absolute atomic E-state index is 0.114. The lowest BCUT2D eigenvalue weighted by molar-refractivity contribution is -0.126. The van der Waals surface area contributed by atoms with Gasteiger partial charge in [-0.25, -0.2) is 4.39 Å². The first kappa shape index (κ1) is 11.7. The normalized spacial score (nSPS) is 32.1. The van der Waals surface area contributed by atoms with Gasteiger partial charge in [-0.3, -0.25) is 9.69 Å². The Labute approximate surface area is 106 Å². The molecule has 0 radical (unpaired) electrons. The molecule has 1 amide bonds. The van der Waals surface area contributed by atoms with Crippen molar-refractivity contribution in [3.63, 3.8) is 0 Å². The molecule has 3 rings (SSSR count). The second kappa shape index (κ2) is 4.35. The number of benzene rings is 1. The highest BCUT2D eigenvalue weighted by molar-refractivity contribution is 5.83. The third-order valence-corrected chi connectivity index (χ3v) is 3.97. The number of piperidine rings is 1. The van der Waals surface area contributed by atoms with Gasteiger partial charge >= 0.3 is 0 Å². The summed E-state index contributed by atoms with van der Waals surface area (Å²) in [5, 5.41) is 2.65. The average molecular weight is 248 g/mol. The fourth-order valence-electron chi connectivity index (χ4n) is 3.01. The quantitative estimate of drug-likeness (QED) is 0.856.